The van der Waals surface area contributed by atoms with Gasteiger partial charge in [0.2, 0.25) is 5.28 Å². The zero-order valence-electron chi connectivity index (χ0n) is 13.2. The minimum atomic E-state index is -0.145. The van der Waals surface area contributed by atoms with Gasteiger partial charge in [0, 0.05) is 12.6 Å². The van der Waals surface area contributed by atoms with Crippen LogP contribution in [0.25, 0.3) is 0 Å². The summed E-state index contributed by atoms with van der Waals surface area (Å²) in [5, 5.41) is 0.275. The molecule has 1 aliphatic carbocycles. The molecule has 0 saturated heterocycles. The van der Waals surface area contributed by atoms with Crippen molar-refractivity contribution in [2.75, 3.05) is 16.3 Å². The Labute approximate surface area is 136 Å². The van der Waals surface area contributed by atoms with Gasteiger partial charge in [-0.25, -0.2) is 4.98 Å². The second kappa shape index (κ2) is 6.41. The fraction of sp³-hybridized carbons (Fsp3) is 0.688. The van der Waals surface area contributed by atoms with Crippen molar-refractivity contribution in [3.8, 4) is 0 Å². The number of halogens is 1. The van der Waals surface area contributed by atoms with Gasteiger partial charge in [-0.15, -0.1) is 0 Å². The largest absolute Gasteiger partial charge is 0.356 e. The van der Waals surface area contributed by atoms with Gasteiger partial charge < -0.3 is 14.6 Å². The number of likely N-dealkylation sites (N-methyl/N-ethyl adjacent to an activating group) is 1. The zero-order chi connectivity index (χ0) is 15.7. The van der Waals surface area contributed by atoms with Gasteiger partial charge in [0.15, 0.2) is 5.82 Å². The number of rotatable bonds is 4. The van der Waals surface area contributed by atoms with Crippen LogP contribution in [0.5, 0.6) is 0 Å². The normalized spacial score (nSPS) is 25.4. The molecule has 1 aromatic heterocycles. The Morgan fingerprint density at radius 1 is 1.36 bits per heavy atom. The maximum atomic E-state index is 11.8. The van der Waals surface area contributed by atoms with E-state index in [0.29, 0.717) is 6.04 Å². The molecular formula is C16H23ClN4O. The number of aldehydes is 1. The van der Waals surface area contributed by atoms with Crippen LogP contribution >= 0.6 is 11.6 Å². The van der Waals surface area contributed by atoms with Gasteiger partial charge in [-0.1, -0.05) is 19.8 Å². The molecule has 22 heavy (non-hydrogen) atoms. The lowest BCUT2D eigenvalue weighted by atomic mass is 9.96. The standard InChI is InChI=1S/C16H23ClN4O/c1-3-12-14(10-22)20(4-2)13-9-18-16(17)19-15(13)21(12)11-7-5-6-8-11/h9-12,14H,3-8H2,1-2H3/t12-,14?/m1/s1. The monoisotopic (exact) mass is 322 g/mol. The molecule has 0 spiro atoms. The molecule has 2 atom stereocenters. The van der Waals surface area contributed by atoms with E-state index < -0.39 is 0 Å². The Kier molecular flexibility index (Phi) is 4.52. The first-order valence-electron chi connectivity index (χ1n) is 8.24. The number of carbonyl (C=O) groups is 1. The third kappa shape index (κ3) is 2.45. The van der Waals surface area contributed by atoms with Crippen molar-refractivity contribution in [1.29, 1.82) is 0 Å². The van der Waals surface area contributed by atoms with E-state index in [-0.39, 0.29) is 17.4 Å². The summed E-state index contributed by atoms with van der Waals surface area (Å²) in [5.41, 5.74) is 0.931. The fourth-order valence-corrected chi connectivity index (χ4v) is 4.17. The summed E-state index contributed by atoms with van der Waals surface area (Å²) in [6.07, 6.45) is 8.57. The molecule has 0 amide bonds. The Balaban J connectivity index is 2.12. The minimum absolute atomic E-state index is 0.145. The molecule has 0 N–H and O–H groups in total. The van der Waals surface area contributed by atoms with E-state index in [2.05, 4.69) is 33.6 Å². The average Bonchev–Trinajstić information content (AvgIpc) is 3.06. The highest BCUT2D eigenvalue weighted by Crippen LogP contribution is 2.41. The number of nitrogens with zero attached hydrogens (tertiary/aromatic N) is 4. The molecule has 120 valence electrons. The quantitative estimate of drug-likeness (QED) is 0.630. The first-order chi connectivity index (χ1) is 10.7. The van der Waals surface area contributed by atoms with Crippen LogP contribution in [0.1, 0.15) is 46.0 Å². The molecular weight excluding hydrogens is 300 g/mol. The SMILES string of the molecule is CC[C@@H]1C(C=O)N(CC)c2cnc(Cl)nc2N1C1CCCC1. The second-order valence-corrected chi connectivity index (χ2v) is 6.42. The Morgan fingerprint density at radius 3 is 2.68 bits per heavy atom. The maximum Gasteiger partial charge on any atom is 0.224 e. The van der Waals surface area contributed by atoms with Gasteiger partial charge in [-0.3, -0.25) is 0 Å². The van der Waals surface area contributed by atoms with Crippen LogP contribution in [-0.4, -0.2) is 40.9 Å². The number of hydrogen-bond donors (Lipinski definition) is 0. The molecule has 6 heteroatoms. The molecule has 3 rings (SSSR count). The third-order valence-electron chi connectivity index (χ3n) is 5.00. The predicted octanol–water partition coefficient (Wildman–Crippen LogP) is 3.07. The lowest BCUT2D eigenvalue weighted by Gasteiger charge is -2.49. The van der Waals surface area contributed by atoms with E-state index in [9.17, 15) is 4.79 Å². The molecule has 1 aliphatic heterocycles. The van der Waals surface area contributed by atoms with Crippen molar-refractivity contribution < 1.29 is 4.79 Å². The van der Waals surface area contributed by atoms with Crippen LogP contribution in [0.2, 0.25) is 5.28 Å². The van der Waals surface area contributed by atoms with Crippen LogP contribution in [0.15, 0.2) is 6.20 Å². The highest BCUT2D eigenvalue weighted by Gasteiger charge is 2.42. The first kappa shape index (κ1) is 15.5. The van der Waals surface area contributed by atoms with E-state index in [0.717, 1.165) is 43.6 Å². The van der Waals surface area contributed by atoms with E-state index in [1.54, 1.807) is 6.20 Å². The van der Waals surface area contributed by atoms with E-state index >= 15 is 0 Å². The van der Waals surface area contributed by atoms with Crippen molar-refractivity contribution in [2.24, 2.45) is 0 Å². The average molecular weight is 323 g/mol. The van der Waals surface area contributed by atoms with Gasteiger partial charge in [-0.05, 0) is 37.8 Å². The molecule has 0 bridgehead atoms. The van der Waals surface area contributed by atoms with Crippen molar-refractivity contribution in [3.05, 3.63) is 11.5 Å². The third-order valence-corrected chi connectivity index (χ3v) is 5.18. The lowest BCUT2D eigenvalue weighted by molar-refractivity contribution is -0.109. The van der Waals surface area contributed by atoms with Crippen molar-refractivity contribution in [2.45, 2.75) is 64.1 Å². The Bertz CT molecular complexity index is 547. The van der Waals surface area contributed by atoms with Gasteiger partial charge in [0.25, 0.3) is 0 Å². The summed E-state index contributed by atoms with van der Waals surface area (Å²) in [4.78, 5) is 24.9. The molecule has 0 radical (unpaired) electrons. The number of anilines is 2. The van der Waals surface area contributed by atoms with Crippen molar-refractivity contribution in [1.82, 2.24) is 9.97 Å². The summed E-state index contributed by atoms with van der Waals surface area (Å²) < 4.78 is 0. The van der Waals surface area contributed by atoms with Crippen LogP contribution in [0, 0.1) is 0 Å². The van der Waals surface area contributed by atoms with Crippen LogP contribution < -0.4 is 9.80 Å². The molecule has 1 fully saturated rings. The van der Waals surface area contributed by atoms with Crippen molar-refractivity contribution in [3.63, 3.8) is 0 Å². The summed E-state index contributed by atoms with van der Waals surface area (Å²) in [7, 11) is 0. The van der Waals surface area contributed by atoms with Gasteiger partial charge in [0.1, 0.15) is 12.3 Å². The molecule has 1 saturated carbocycles. The van der Waals surface area contributed by atoms with E-state index in [1.807, 2.05) is 0 Å². The predicted molar refractivity (Wildman–Crippen MR) is 88.7 cm³/mol. The summed E-state index contributed by atoms with van der Waals surface area (Å²) in [6, 6.07) is 0.461. The van der Waals surface area contributed by atoms with E-state index in [4.69, 9.17) is 11.6 Å². The summed E-state index contributed by atoms with van der Waals surface area (Å²) >= 11 is 6.06. The van der Waals surface area contributed by atoms with E-state index in [1.165, 1.54) is 12.8 Å². The number of aromatic nitrogens is 2. The molecule has 1 unspecified atom stereocenters. The highest BCUT2D eigenvalue weighted by molar-refractivity contribution is 6.28. The molecule has 2 aliphatic rings. The topological polar surface area (TPSA) is 49.3 Å². The van der Waals surface area contributed by atoms with Gasteiger partial charge in [0.05, 0.1) is 17.9 Å². The molecule has 5 nitrogen and oxygen atoms in total. The highest BCUT2D eigenvalue weighted by atomic mass is 35.5. The van der Waals surface area contributed by atoms with Crippen LogP contribution in [-0.2, 0) is 4.79 Å². The molecule has 0 aromatic carbocycles. The van der Waals surface area contributed by atoms with Crippen LogP contribution in [0.4, 0.5) is 11.5 Å². The first-order valence-corrected chi connectivity index (χ1v) is 8.61. The summed E-state index contributed by atoms with van der Waals surface area (Å²) in [6.45, 7) is 4.97. The van der Waals surface area contributed by atoms with Crippen LogP contribution in [0.3, 0.4) is 0 Å². The maximum absolute atomic E-state index is 11.8. The van der Waals surface area contributed by atoms with Gasteiger partial charge in [-0.2, -0.15) is 4.98 Å². The van der Waals surface area contributed by atoms with Gasteiger partial charge >= 0.3 is 0 Å². The fourth-order valence-electron chi connectivity index (χ4n) is 4.04. The molecule has 2 heterocycles. The summed E-state index contributed by atoms with van der Waals surface area (Å²) in [5.74, 6) is 0.902. The Morgan fingerprint density at radius 2 is 2.09 bits per heavy atom. The second-order valence-electron chi connectivity index (χ2n) is 6.08. The smallest absolute Gasteiger partial charge is 0.224 e. The number of carbonyl (C=O) groups excluding carboxylic acids is 1. The number of fused-ring (bicyclic) bond motifs is 1. The minimum Gasteiger partial charge on any atom is -0.356 e. The Hall–Kier alpha value is -1.36. The lowest BCUT2D eigenvalue weighted by Crippen LogP contribution is -2.59. The molecule has 1 aromatic rings. The number of hydrogen-bond acceptors (Lipinski definition) is 5. The van der Waals surface area contributed by atoms with Crippen molar-refractivity contribution >= 4 is 29.4 Å². The zero-order valence-corrected chi connectivity index (χ0v) is 14.0.